The summed E-state index contributed by atoms with van der Waals surface area (Å²) in [6, 6.07) is 2.46. The number of H-pyrrole nitrogens is 2. The van der Waals surface area contributed by atoms with Crippen molar-refractivity contribution in [1.29, 1.82) is 0 Å². The Hall–Kier alpha value is -6.78. The van der Waals surface area contributed by atoms with Crippen LogP contribution in [-0.2, 0) is 18.9 Å². The number of nitrogens with two attached hydrogens (primary N) is 3. The highest BCUT2D eigenvalue weighted by atomic mass is 16.6. The van der Waals surface area contributed by atoms with E-state index in [2.05, 4.69) is 34.9 Å². The molecule has 35 heteroatoms. The van der Waals surface area contributed by atoms with Gasteiger partial charge in [-0.05, 0) is 6.07 Å². The summed E-state index contributed by atoms with van der Waals surface area (Å²) in [6.07, 6.45) is -11.5. The molecule has 4 fully saturated rings. The highest BCUT2D eigenvalue weighted by Gasteiger charge is 2.47. The molecule has 10 rings (SSSR count). The summed E-state index contributed by atoms with van der Waals surface area (Å²) in [5.74, 6) is 0.171. The quantitative estimate of drug-likeness (QED) is 0.0673. The molecule has 0 unspecified atom stereocenters. The second-order valence-electron chi connectivity index (χ2n) is 16.3. The topological polar surface area (TPSA) is 555 Å². The first-order valence-electron chi connectivity index (χ1n) is 21.6. The standard InChI is InChI=1S/C10H13N5O5.C10H13N5O4.C9H13N3O5.C9H12N2O6/c11-10-13-7-4(8(19)14-10)12-2-15(7)9-6(18)5(17)3(1-16)20-9;11-8-5-9(13-2-12-8)15(3-14-5)10-7(18)6(17)4(1-16)19-10;10-5-1-2-12(9(16)11-5)8-7(15)6(14)4(3-13)17-8;12-3-4-6(14)7(15)8(17-4)11-2-1-5(13)10-9(11)16/h2-3,5-6,9,16-18H,1H2,(H3,11,13,14,19);2-4,6-7,10,16-18H,1H2,(H2,11,12,13);1-2,4,6-8,13-15H,3H2,(H2,10,11,16);1-2,4,6-8,12,14-15H,3H2,(H,10,13,16)/t3-,5-,6-,9-;4-,6-,7-,10-;2*4-,6-,7-,8-/m1111/s1. The third-order valence-corrected chi connectivity index (χ3v) is 11.7. The lowest BCUT2D eigenvalue weighted by Gasteiger charge is -2.16. The monoisotopic (exact) mass is 1040 g/mol. The first kappa shape index (κ1) is 54.0. The molecule has 6 aromatic heterocycles. The lowest BCUT2D eigenvalue weighted by Crippen LogP contribution is -2.37. The smallest absolute Gasteiger partial charge is 0.351 e. The Balaban J connectivity index is 0.000000143. The molecule has 73 heavy (non-hydrogen) atoms. The van der Waals surface area contributed by atoms with Crippen LogP contribution in [0.3, 0.4) is 0 Å². The highest BCUT2D eigenvalue weighted by Crippen LogP contribution is 2.33. The van der Waals surface area contributed by atoms with Crippen LogP contribution in [0.25, 0.3) is 22.3 Å². The van der Waals surface area contributed by atoms with Crippen molar-refractivity contribution in [2.75, 3.05) is 43.6 Å². The molecule has 4 aliphatic rings. The fourth-order valence-corrected chi connectivity index (χ4v) is 7.87. The number of anilines is 3. The van der Waals surface area contributed by atoms with Gasteiger partial charge in [0.1, 0.15) is 90.9 Å². The van der Waals surface area contributed by atoms with Crippen LogP contribution in [0.15, 0.2) is 62.7 Å². The number of aromatic amines is 2. The molecule has 35 nitrogen and oxygen atoms in total. The maximum atomic E-state index is 11.7. The van der Waals surface area contributed by atoms with Gasteiger partial charge in [-0.2, -0.15) is 9.97 Å². The summed E-state index contributed by atoms with van der Waals surface area (Å²) in [7, 11) is 0. The number of hydrogen-bond donors (Lipinski definition) is 17. The average Bonchev–Trinajstić information content (AvgIpc) is 4.21. The lowest BCUT2D eigenvalue weighted by atomic mass is 10.1. The molecule has 398 valence electrons. The summed E-state index contributed by atoms with van der Waals surface area (Å²) in [4.78, 5) is 73.0. The molecule has 0 radical (unpaired) electrons. The average molecular weight is 1040 g/mol. The van der Waals surface area contributed by atoms with Gasteiger partial charge in [0, 0.05) is 18.5 Å². The van der Waals surface area contributed by atoms with Gasteiger partial charge in [-0.25, -0.2) is 29.5 Å². The molecule has 20 N–H and O–H groups in total. The number of ether oxygens (including phenoxy) is 4. The number of nitrogen functional groups attached to an aromatic ring is 3. The van der Waals surface area contributed by atoms with Crippen LogP contribution in [-0.4, -0.2) is 219 Å². The largest absolute Gasteiger partial charge is 0.394 e. The molecule has 0 amide bonds. The summed E-state index contributed by atoms with van der Waals surface area (Å²) >= 11 is 0. The molecule has 6 aromatic rings. The molecule has 0 aromatic carbocycles. The number of hydrogen-bond acceptors (Lipinski definition) is 29. The number of aromatic nitrogens is 12. The predicted octanol–water partition coefficient (Wildman–Crippen LogP) is -10.1. The zero-order chi connectivity index (χ0) is 53.2. The van der Waals surface area contributed by atoms with Gasteiger partial charge in [-0.1, -0.05) is 0 Å². The van der Waals surface area contributed by atoms with Gasteiger partial charge in [0.25, 0.3) is 11.1 Å². The van der Waals surface area contributed by atoms with E-state index in [1.165, 1.54) is 40.4 Å². The Bertz CT molecular complexity index is 3080. The normalized spacial score (nSPS) is 31.7. The van der Waals surface area contributed by atoms with E-state index in [0.29, 0.717) is 11.2 Å². The van der Waals surface area contributed by atoms with E-state index in [9.17, 15) is 60.0 Å². The van der Waals surface area contributed by atoms with Gasteiger partial charge in [-0.15, -0.1) is 0 Å². The van der Waals surface area contributed by atoms with Crippen molar-refractivity contribution >= 4 is 39.9 Å². The van der Waals surface area contributed by atoms with Gasteiger partial charge >= 0.3 is 11.4 Å². The van der Waals surface area contributed by atoms with Crippen LogP contribution in [0.4, 0.5) is 17.6 Å². The van der Waals surface area contributed by atoms with E-state index in [1.807, 2.05) is 4.98 Å². The van der Waals surface area contributed by atoms with Crippen LogP contribution in [0.1, 0.15) is 24.9 Å². The summed E-state index contributed by atoms with van der Waals surface area (Å²) in [6.45, 7) is -1.77. The minimum Gasteiger partial charge on any atom is -0.394 e. The summed E-state index contributed by atoms with van der Waals surface area (Å²) < 4.78 is 25.8. The number of nitrogens with one attached hydrogen (secondary N) is 2. The number of rotatable bonds is 8. The molecular weight excluding hydrogens is 987 g/mol. The highest BCUT2D eigenvalue weighted by molar-refractivity contribution is 5.81. The third-order valence-electron chi connectivity index (χ3n) is 11.7. The van der Waals surface area contributed by atoms with Crippen LogP contribution in [0.5, 0.6) is 0 Å². The SMILES string of the molecule is Nc1ccn([C@@H]2O[C@H](CO)[C@@H](O)[C@H]2O)c(=O)n1.Nc1nc2c(ncn2[C@@H]2O[C@H](CO)[C@@H](O)[C@H]2O)c(=O)[nH]1.Nc1ncnc2c1ncn2[C@@H]1O[C@H](CO)[C@@H](O)[C@H]1O.O=c1ccn([C@@H]2O[C@H](CO)[C@@H](O)[C@H]2O)c(=O)[nH]1. The van der Waals surface area contributed by atoms with Crippen LogP contribution < -0.4 is 39.7 Å². The summed E-state index contributed by atoms with van der Waals surface area (Å²) in [5, 5.41) is 114. The predicted molar refractivity (Wildman–Crippen MR) is 239 cm³/mol. The van der Waals surface area contributed by atoms with Crippen molar-refractivity contribution in [3.05, 3.63) is 85.2 Å². The van der Waals surface area contributed by atoms with E-state index in [4.69, 9.17) is 56.6 Å². The Labute approximate surface area is 404 Å². The number of nitrogens with zero attached hydrogens (tertiary/aromatic N) is 10. The van der Waals surface area contributed by atoms with Crippen LogP contribution in [0.2, 0.25) is 0 Å². The Kier molecular flexibility index (Phi) is 16.7. The van der Waals surface area contributed by atoms with Gasteiger partial charge in [0.2, 0.25) is 5.95 Å². The molecule has 0 spiro atoms. The Morgan fingerprint density at radius 3 is 1.40 bits per heavy atom. The third kappa shape index (κ3) is 10.8. The van der Waals surface area contributed by atoms with E-state index in [1.54, 1.807) is 0 Å². The van der Waals surface area contributed by atoms with Crippen molar-refractivity contribution in [2.45, 2.75) is 98.2 Å². The fourth-order valence-electron chi connectivity index (χ4n) is 7.87. The van der Waals surface area contributed by atoms with Crippen molar-refractivity contribution < 1.29 is 80.2 Å². The molecule has 0 bridgehead atoms. The summed E-state index contributed by atoms with van der Waals surface area (Å²) in [5.41, 5.74) is 14.9. The minimum absolute atomic E-state index is 0.0388. The lowest BCUT2D eigenvalue weighted by molar-refractivity contribution is -0.0550. The van der Waals surface area contributed by atoms with Crippen molar-refractivity contribution in [1.82, 2.24) is 58.1 Å². The van der Waals surface area contributed by atoms with E-state index >= 15 is 0 Å². The minimum atomic E-state index is -1.35. The zero-order valence-electron chi connectivity index (χ0n) is 37.4. The van der Waals surface area contributed by atoms with Gasteiger partial charge < -0.3 is 97.4 Å². The molecule has 16 atom stereocenters. The zero-order valence-corrected chi connectivity index (χ0v) is 37.4. The molecule has 0 aliphatic carbocycles. The molecule has 10 heterocycles. The van der Waals surface area contributed by atoms with Gasteiger partial charge in [0.15, 0.2) is 47.5 Å². The molecular formula is C38H51N15O20. The molecule has 4 aliphatic heterocycles. The van der Waals surface area contributed by atoms with E-state index in [0.717, 1.165) is 21.4 Å². The first-order valence-corrected chi connectivity index (χ1v) is 21.6. The van der Waals surface area contributed by atoms with Gasteiger partial charge in [-0.3, -0.25) is 37.8 Å². The molecule has 4 saturated heterocycles. The molecule has 0 saturated carbocycles. The second-order valence-corrected chi connectivity index (χ2v) is 16.3. The second kappa shape index (κ2) is 22.5. The number of fused-ring (bicyclic) bond motifs is 2. The van der Waals surface area contributed by atoms with Gasteiger partial charge in [0.05, 0.1) is 39.1 Å². The number of imidazole rings is 2. The maximum absolute atomic E-state index is 11.7. The van der Waals surface area contributed by atoms with E-state index in [-0.39, 0.29) is 28.7 Å². The van der Waals surface area contributed by atoms with Crippen molar-refractivity contribution in [3.63, 3.8) is 0 Å². The fraction of sp³-hybridized carbons (Fsp3) is 0.526. The van der Waals surface area contributed by atoms with Crippen molar-refractivity contribution in [3.8, 4) is 0 Å². The number of aliphatic hydroxyl groups is 12. The Morgan fingerprint density at radius 1 is 0.507 bits per heavy atom. The Morgan fingerprint density at radius 2 is 0.945 bits per heavy atom. The van der Waals surface area contributed by atoms with E-state index < -0.39 is 147 Å². The first-order chi connectivity index (χ1) is 34.7. The maximum Gasteiger partial charge on any atom is 0.351 e. The number of aliphatic hydroxyl groups excluding tert-OH is 12. The van der Waals surface area contributed by atoms with Crippen LogP contribution in [0, 0.1) is 0 Å². The van der Waals surface area contributed by atoms with Crippen molar-refractivity contribution in [2.24, 2.45) is 0 Å². The van der Waals surface area contributed by atoms with Crippen LogP contribution >= 0.6 is 0 Å².